The SMILES string of the molecule is CCN(CC)CCN(C(=O)c1ccc(Br)cc1)c1nc2ccc(SC)cc2s1.Cl. The Labute approximate surface area is 195 Å². The summed E-state index contributed by atoms with van der Waals surface area (Å²) in [5.74, 6) is -0.0104. The number of fused-ring (bicyclic) bond motifs is 1. The Kier molecular flexibility index (Phi) is 9.43. The Bertz CT molecular complexity index is 945. The molecular weight excluding hydrogens is 490 g/mol. The van der Waals surface area contributed by atoms with Crippen molar-refractivity contribution in [1.82, 2.24) is 9.88 Å². The van der Waals surface area contributed by atoms with E-state index >= 15 is 0 Å². The highest BCUT2D eigenvalue weighted by molar-refractivity contribution is 9.10. The molecule has 0 fully saturated rings. The van der Waals surface area contributed by atoms with Gasteiger partial charge in [0.2, 0.25) is 0 Å². The number of carbonyl (C=O) groups excluding carboxylic acids is 1. The third-order valence-corrected chi connectivity index (χ3v) is 6.98. The quantitative estimate of drug-likeness (QED) is 0.336. The number of benzene rings is 2. The minimum Gasteiger partial charge on any atom is -0.302 e. The van der Waals surface area contributed by atoms with Crippen LogP contribution in [-0.2, 0) is 0 Å². The van der Waals surface area contributed by atoms with Gasteiger partial charge in [-0.05, 0) is 61.8 Å². The molecule has 2 aromatic carbocycles. The van der Waals surface area contributed by atoms with Gasteiger partial charge in [0.15, 0.2) is 5.13 Å². The van der Waals surface area contributed by atoms with Crippen LogP contribution in [0.15, 0.2) is 51.8 Å². The summed E-state index contributed by atoms with van der Waals surface area (Å²) in [4.78, 5) is 23.4. The van der Waals surface area contributed by atoms with Gasteiger partial charge in [-0.15, -0.1) is 24.2 Å². The van der Waals surface area contributed by atoms with Crippen molar-refractivity contribution < 1.29 is 4.79 Å². The van der Waals surface area contributed by atoms with Crippen LogP contribution in [0.1, 0.15) is 24.2 Å². The molecule has 29 heavy (non-hydrogen) atoms. The van der Waals surface area contributed by atoms with Crippen molar-refractivity contribution in [3.05, 3.63) is 52.5 Å². The second-order valence-electron chi connectivity index (χ2n) is 6.32. The van der Waals surface area contributed by atoms with Crippen LogP contribution in [0, 0.1) is 0 Å². The van der Waals surface area contributed by atoms with Gasteiger partial charge in [-0.25, -0.2) is 4.98 Å². The van der Waals surface area contributed by atoms with Crippen molar-refractivity contribution in [1.29, 1.82) is 0 Å². The number of anilines is 1. The van der Waals surface area contributed by atoms with Crippen LogP contribution >= 0.6 is 51.4 Å². The molecule has 8 heteroatoms. The predicted molar refractivity (Wildman–Crippen MR) is 132 cm³/mol. The van der Waals surface area contributed by atoms with Crippen molar-refractivity contribution in [3.63, 3.8) is 0 Å². The Balaban J connectivity index is 0.00000300. The Morgan fingerprint density at radius 2 is 1.79 bits per heavy atom. The molecule has 156 valence electrons. The number of rotatable bonds is 8. The number of halogens is 2. The average Bonchev–Trinajstić information content (AvgIpc) is 3.14. The molecule has 1 amide bonds. The van der Waals surface area contributed by atoms with E-state index in [-0.39, 0.29) is 18.3 Å². The maximum absolute atomic E-state index is 13.3. The van der Waals surface area contributed by atoms with Crippen molar-refractivity contribution in [2.24, 2.45) is 0 Å². The zero-order valence-electron chi connectivity index (χ0n) is 16.7. The number of likely N-dealkylation sites (N-methyl/N-ethyl adjacent to an activating group) is 1. The van der Waals surface area contributed by atoms with Crippen LogP contribution < -0.4 is 4.90 Å². The summed E-state index contributed by atoms with van der Waals surface area (Å²) in [6.45, 7) is 7.66. The number of carbonyl (C=O) groups is 1. The monoisotopic (exact) mass is 513 g/mol. The van der Waals surface area contributed by atoms with Crippen LogP contribution in [0.5, 0.6) is 0 Å². The molecule has 0 spiro atoms. The largest absolute Gasteiger partial charge is 0.302 e. The maximum atomic E-state index is 13.3. The molecule has 0 aliphatic rings. The lowest BCUT2D eigenvalue weighted by Crippen LogP contribution is -2.38. The van der Waals surface area contributed by atoms with Crippen LogP contribution in [0.3, 0.4) is 0 Å². The highest BCUT2D eigenvalue weighted by Crippen LogP contribution is 2.32. The second kappa shape index (κ2) is 11.3. The summed E-state index contributed by atoms with van der Waals surface area (Å²) in [7, 11) is 0. The average molecular weight is 515 g/mol. The first kappa shape index (κ1) is 24.2. The van der Waals surface area contributed by atoms with Gasteiger partial charge >= 0.3 is 0 Å². The number of thiazole rings is 1. The first-order chi connectivity index (χ1) is 13.5. The van der Waals surface area contributed by atoms with Crippen molar-refractivity contribution in [2.45, 2.75) is 18.7 Å². The smallest absolute Gasteiger partial charge is 0.260 e. The third-order valence-electron chi connectivity index (χ3n) is 4.69. The fourth-order valence-electron chi connectivity index (χ4n) is 2.95. The highest BCUT2D eigenvalue weighted by atomic mass is 79.9. The van der Waals surface area contributed by atoms with E-state index < -0.39 is 0 Å². The highest BCUT2D eigenvalue weighted by Gasteiger charge is 2.22. The van der Waals surface area contributed by atoms with E-state index in [2.05, 4.69) is 53.1 Å². The van der Waals surface area contributed by atoms with E-state index in [0.29, 0.717) is 12.1 Å². The molecule has 1 aromatic heterocycles. The first-order valence-corrected chi connectivity index (χ1v) is 12.1. The maximum Gasteiger partial charge on any atom is 0.260 e. The number of hydrogen-bond acceptors (Lipinski definition) is 5. The van der Waals surface area contributed by atoms with Gasteiger partial charge in [-0.3, -0.25) is 9.69 Å². The molecule has 0 bridgehead atoms. The first-order valence-electron chi connectivity index (χ1n) is 9.30. The second-order valence-corrected chi connectivity index (χ2v) is 9.13. The summed E-state index contributed by atoms with van der Waals surface area (Å²) in [5.41, 5.74) is 1.61. The summed E-state index contributed by atoms with van der Waals surface area (Å²) < 4.78 is 2.07. The molecular formula is C21H25BrClN3OS2. The van der Waals surface area contributed by atoms with E-state index in [4.69, 9.17) is 4.98 Å². The van der Waals surface area contributed by atoms with Gasteiger partial charge in [0.25, 0.3) is 5.91 Å². The normalized spacial score (nSPS) is 10.9. The number of thioether (sulfide) groups is 1. The van der Waals surface area contributed by atoms with Crippen LogP contribution in [0.2, 0.25) is 0 Å². The molecule has 1 heterocycles. The lowest BCUT2D eigenvalue weighted by atomic mass is 10.2. The van der Waals surface area contributed by atoms with Crippen LogP contribution in [0.4, 0.5) is 5.13 Å². The Hall–Kier alpha value is -1.12. The molecule has 0 radical (unpaired) electrons. The number of aromatic nitrogens is 1. The van der Waals surface area contributed by atoms with E-state index in [1.807, 2.05) is 35.2 Å². The van der Waals surface area contributed by atoms with Gasteiger partial charge in [0, 0.05) is 28.0 Å². The molecule has 4 nitrogen and oxygen atoms in total. The fourth-order valence-corrected chi connectivity index (χ4v) is 4.76. The van der Waals surface area contributed by atoms with Gasteiger partial charge in [0.05, 0.1) is 10.2 Å². The lowest BCUT2D eigenvalue weighted by Gasteiger charge is -2.24. The number of nitrogens with zero attached hydrogens (tertiary/aromatic N) is 3. The summed E-state index contributed by atoms with van der Waals surface area (Å²) in [6, 6.07) is 13.8. The fraction of sp³-hybridized carbons (Fsp3) is 0.333. The van der Waals surface area contributed by atoms with Crippen molar-refractivity contribution >= 4 is 72.7 Å². The Morgan fingerprint density at radius 3 is 2.41 bits per heavy atom. The predicted octanol–water partition coefficient (Wildman–Crippen LogP) is 6.19. The molecule has 0 unspecified atom stereocenters. The minimum atomic E-state index is -0.0104. The zero-order chi connectivity index (χ0) is 20.1. The third kappa shape index (κ3) is 5.95. The molecule has 0 atom stereocenters. The zero-order valence-corrected chi connectivity index (χ0v) is 20.8. The minimum absolute atomic E-state index is 0. The Morgan fingerprint density at radius 1 is 1.10 bits per heavy atom. The molecule has 0 N–H and O–H groups in total. The number of hydrogen-bond donors (Lipinski definition) is 0. The molecule has 0 aliphatic carbocycles. The molecule has 0 saturated carbocycles. The standard InChI is InChI=1S/C21H24BrN3OS2.ClH/c1-4-24(5-2)12-13-25(20(26)15-6-8-16(22)9-7-15)21-23-18-11-10-17(27-3)14-19(18)28-21;/h6-11,14H,4-5,12-13H2,1-3H3;1H. The topological polar surface area (TPSA) is 36.4 Å². The summed E-state index contributed by atoms with van der Waals surface area (Å²) >= 11 is 6.73. The van der Waals surface area contributed by atoms with Crippen molar-refractivity contribution in [2.75, 3.05) is 37.3 Å². The molecule has 0 saturated heterocycles. The van der Waals surface area contributed by atoms with E-state index in [0.717, 1.165) is 39.5 Å². The van der Waals surface area contributed by atoms with Crippen molar-refractivity contribution in [3.8, 4) is 0 Å². The van der Waals surface area contributed by atoms with Crippen LogP contribution in [-0.4, -0.2) is 48.2 Å². The number of amides is 1. The summed E-state index contributed by atoms with van der Waals surface area (Å²) in [5, 5.41) is 0.758. The van der Waals surface area contributed by atoms with Gasteiger partial charge in [-0.1, -0.05) is 41.1 Å². The van der Waals surface area contributed by atoms with E-state index in [1.54, 1.807) is 23.1 Å². The van der Waals surface area contributed by atoms with Gasteiger partial charge in [0.1, 0.15) is 0 Å². The lowest BCUT2D eigenvalue weighted by molar-refractivity contribution is 0.0984. The van der Waals surface area contributed by atoms with Crippen LogP contribution in [0.25, 0.3) is 10.2 Å². The molecule has 3 aromatic rings. The molecule has 3 rings (SSSR count). The molecule has 0 aliphatic heterocycles. The van der Waals surface area contributed by atoms with Gasteiger partial charge < -0.3 is 4.90 Å². The van der Waals surface area contributed by atoms with E-state index in [1.165, 1.54) is 4.90 Å². The van der Waals surface area contributed by atoms with Gasteiger partial charge in [-0.2, -0.15) is 0 Å². The van der Waals surface area contributed by atoms with E-state index in [9.17, 15) is 4.79 Å². The summed E-state index contributed by atoms with van der Waals surface area (Å²) in [6.07, 6.45) is 2.07.